The van der Waals surface area contributed by atoms with Gasteiger partial charge in [-0.1, -0.05) is 6.42 Å². The molecule has 0 spiro atoms. The summed E-state index contributed by atoms with van der Waals surface area (Å²) >= 11 is 0. The van der Waals surface area contributed by atoms with Crippen LogP contribution in [0.4, 0.5) is 22.0 Å². The van der Waals surface area contributed by atoms with Gasteiger partial charge in [0.25, 0.3) is 0 Å². The van der Waals surface area contributed by atoms with Gasteiger partial charge in [0, 0.05) is 18.6 Å². The van der Waals surface area contributed by atoms with Crippen molar-refractivity contribution >= 4 is 5.91 Å². The molecule has 0 aromatic rings. The summed E-state index contributed by atoms with van der Waals surface area (Å²) in [5, 5.41) is 1.87. The maximum atomic E-state index is 12.9. The second-order valence-corrected chi connectivity index (χ2v) is 5.04. The van der Waals surface area contributed by atoms with Crippen LogP contribution in [0.15, 0.2) is 0 Å². The van der Waals surface area contributed by atoms with Crippen molar-refractivity contribution in [1.29, 1.82) is 0 Å². The molecule has 2 atom stereocenters. The number of nitrogens with zero attached hydrogens (tertiary/aromatic N) is 1. The zero-order valence-corrected chi connectivity index (χ0v) is 10.1. The van der Waals surface area contributed by atoms with E-state index >= 15 is 0 Å². The third kappa shape index (κ3) is 2.68. The zero-order valence-electron chi connectivity index (χ0n) is 10.1. The molecule has 8 heteroatoms. The molecular weight excluding hydrogens is 271 g/mol. The fourth-order valence-electron chi connectivity index (χ4n) is 2.80. The number of hydrogen-bond acceptors (Lipinski definition) is 2. The highest BCUT2D eigenvalue weighted by atomic mass is 19.4. The minimum Gasteiger partial charge on any atom is -0.346 e. The van der Waals surface area contributed by atoms with Gasteiger partial charge in [-0.3, -0.25) is 9.69 Å². The summed E-state index contributed by atoms with van der Waals surface area (Å²) in [4.78, 5) is 13.2. The molecular formula is C11H15F5N2O. The normalized spacial score (nSPS) is 29.1. The molecule has 110 valence electrons. The van der Waals surface area contributed by atoms with Gasteiger partial charge >= 0.3 is 18.0 Å². The molecule has 0 saturated carbocycles. The highest BCUT2D eigenvalue weighted by Gasteiger charge is 2.63. The fraction of sp³-hybridized carbons (Fsp3) is 0.909. The number of carbonyl (C=O) groups excluding carboxylic acids is 1. The number of piperidine rings is 1. The van der Waals surface area contributed by atoms with Gasteiger partial charge in [-0.2, -0.15) is 22.0 Å². The predicted molar refractivity (Wildman–Crippen MR) is 56.8 cm³/mol. The Kier molecular flexibility index (Phi) is 3.72. The van der Waals surface area contributed by atoms with Crippen LogP contribution < -0.4 is 5.32 Å². The summed E-state index contributed by atoms with van der Waals surface area (Å²) in [6.07, 6.45) is -2.80. The van der Waals surface area contributed by atoms with E-state index in [0.717, 1.165) is 25.8 Å². The van der Waals surface area contributed by atoms with Crippen LogP contribution >= 0.6 is 0 Å². The Morgan fingerprint density at radius 1 is 1.05 bits per heavy atom. The van der Waals surface area contributed by atoms with Gasteiger partial charge in [0.15, 0.2) is 0 Å². The second kappa shape index (κ2) is 4.88. The number of carbonyl (C=O) groups is 1. The summed E-state index contributed by atoms with van der Waals surface area (Å²) in [6, 6.07) is -0.720. The zero-order chi connectivity index (χ0) is 14.3. The molecule has 19 heavy (non-hydrogen) atoms. The van der Waals surface area contributed by atoms with E-state index in [1.54, 1.807) is 0 Å². The highest BCUT2D eigenvalue weighted by molar-refractivity contribution is 5.84. The van der Waals surface area contributed by atoms with Crippen molar-refractivity contribution in [3.8, 4) is 0 Å². The summed E-state index contributed by atoms with van der Waals surface area (Å²) in [5.74, 6) is -7.56. The Morgan fingerprint density at radius 2 is 1.74 bits per heavy atom. The summed E-state index contributed by atoms with van der Waals surface area (Å²) in [7, 11) is 0. The van der Waals surface area contributed by atoms with Crippen LogP contribution in [0.5, 0.6) is 0 Å². The molecule has 1 amide bonds. The molecule has 2 fully saturated rings. The molecule has 2 rings (SSSR count). The molecule has 0 aliphatic carbocycles. The standard InChI is InChI=1S/C11H15F5N2O/c12-10(13,11(14,15)16)9(19)17-7-4-6-18-5-2-1-3-8(7)18/h7-8H,1-6H2,(H,17,19). The van der Waals surface area contributed by atoms with E-state index in [1.165, 1.54) is 0 Å². The van der Waals surface area contributed by atoms with Gasteiger partial charge in [0.2, 0.25) is 0 Å². The molecule has 2 aliphatic rings. The van der Waals surface area contributed by atoms with Crippen LogP contribution in [0.2, 0.25) is 0 Å². The van der Waals surface area contributed by atoms with Crippen molar-refractivity contribution in [2.75, 3.05) is 13.1 Å². The Bertz CT molecular complexity index is 357. The predicted octanol–water partition coefficient (Wildman–Crippen LogP) is 1.93. The van der Waals surface area contributed by atoms with E-state index in [4.69, 9.17) is 0 Å². The number of amides is 1. The third-order valence-electron chi connectivity index (χ3n) is 3.81. The topological polar surface area (TPSA) is 32.3 Å². The van der Waals surface area contributed by atoms with E-state index in [2.05, 4.69) is 0 Å². The molecule has 2 aliphatic heterocycles. The Morgan fingerprint density at radius 3 is 2.37 bits per heavy atom. The lowest BCUT2D eigenvalue weighted by atomic mass is 9.99. The van der Waals surface area contributed by atoms with Crippen molar-refractivity contribution < 1.29 is 26.7 Å². The number of rotatable bonds is 2. The fourth-order valence-corrected chi connectivity index (χ4v) is 2.80. The summed E-state index contributed by atoms with van der Waals surface area (Å²) in [5.41, 5.74) is 0. The van der Waals surface area contributed by atoms with Crippen molar-refractivity contribution in [3.63, 3.8) is 0 Å². The maximum Gasteiger partial charge on any atom is 0.463 e. The Balaban J connectivity index is 2.00. The van der Waals surface area contributed by atoms with Crippen LogP contribution in [0, 0.1) is 0 Å². The molecule has 1 N–H and O–H groups in total. The second-order valence-electron chi connectivity index (χ2n) is 5.04. The van der Waals surface area contributed by atoms with Gasteiger partial charge < -0.3 is 5.32 Å². The molecule has 0 bridgehead atoms. The third-order valence-corrected chi connectivity index (χ3v) is 3.81. The minimum atomic E-state index is -5.85. The van der Waals surface area contributed by atoms with Crippen LogP contribution in [0.25, 0.3) is 0 Å². The van der Waals surface area contributed by atoms with E-state index < -0.39 is 24.0 Å². The first-order valence-corrected chi connectivity index (χ1v) is 6.23. The van der Waals surface area contributed by atoms with Gasteiger partial charge in [-0.05, 0) is 25.8 Å². The van der Waals surface area contributed by atoms with E-state index in [-0.39, 0.29) is 6.04 Å². The van der Waals surface area contributed by atoms with Crippen LogP contribution in [0.3, 0.4) is 0 Å². The van der Waals surface area contributed by atoms with Crippen LogP contribution in [-0.4, -0.2) is 48.1 Å². The summed E-state index contributed by atoms with van der Waals surface area (Å²) in [6.45, 7) is 1.44. The van der Waals surface area contributed by atoms with E-state index in [1.807, 2.05) is 10.2 Å². The lowest BCUT2D eigenvalue weighted by Gasteiger charge is -2.33. The number of fused-ring (bicyclic) bond motifs is 1. The lowest BCUT2D eigenvalue weighted by Crippen LogP contribution is -2.55. The molecule has 2 saturated heterocycles. The number of nitrogens with one attached hydrogen (secondary N) is 1. The Hall–Kier alpha value is -0.920. The minimum absolute atomic E-state index is 0.110. The molecule has 2 heterocycles. The van der Waals surface area contributed by atoms with E-state index in [9.17, 15) is 26.7 Å². The smallest absolute Gasteiger partial charge is 0.346 e. The van der Waals surface area contributed by atoms with E-state index in [0.29, 0.717) is 13.0 Å². The molecule has 0 aromatic heterocycles. The van der Waals surface area contributed by atoms with Crippen molar-refractivity contribution in [2.45, 2.75) is 49.9 Å². The highest BCUT2D eigenvalue weighted by Crippen LogP contribution is 2.36. The van der Waals surface area contributed by atoms with Crippen molar-refractivity contribution in [3.05, 3.63) is 0 Å². The molecule has 2 unspecified atom stereocenters. The van der Waals surface area contributed by atoms with Crippen molar-refractivity contribution in [1.82, 2.24) is 10.2 Å². The molecule has 3 nitrogen and oxygen atoms in total. The first-order valence-electron chi connectivity index (χ1n) is 6.23. The quantitative estimate of drug-likeness (QED) is 0.787. The van der Waals surface area contributed by atoms with Gasteiger partial charge in [-0.25, -0.2) is 0 Å². The average molecular weight is 286 g/mol. The summed E-state index contributed by atoms with van der Waals surface area (Å²) < 4.78 is 61.9. The SMILES string of the molecule is O=C(NC1CCN2CCCCC12)C(F)(F)C(F)(F)F. The first-order chi connectivity index (χ1) is 8.73. The van der Waals surface area contributed by atoms with Gasteiger partial charge in [0.1, 0.15) is 0 Å². The molecule has 0 radical (unpaired) electrons. The van der Waals surface area contributed by atoms with Crippen LogP contribution in [-0.2, 0) is 4.79 Å². The Labute approximate surface area is 107 Å². The number of hydrogen-bond donors (Lipinski definition) is 1. The maximum absolute atomic E-state index is 12.9. The first kappa shape index (κ1) is 14.5. The van der Waals surface area contributed by atoms with Crippen molar-refractivity contribution in [2.24, 2.45) is 0 Å². The van der Waals surface area contributed by atoms with Gasteiger partial charge in [-0.15, -0.1) is 0 Å². The van der Waals surface area contributed by atoms with Gasteiger partial charge in [0.05, 0.1) is 0 Å². The lowest BCUT2D eigenvalue weighted by molar-refractivity contribution is -0.270. The molecule has 0 aromatic carbocycles. The van der Waals surface area contributed by atoms with Crippen LogP contribution in [0.1, 0.15) is 25.7 Å². The monoisotopic (exact) mass is 286 g/mol. The number of alkyl halides is 5. The largest absolute Gasteiger partial charge is 0.463 e. The average Bonchev–Trinajstić information content (AvgIpc) is 2.71. The number of halogens is 5.